The summed E-state index contributed by atoms with van der Waals surface area (Å²) in [4.78, 5) is 21.7. The second kappa shape index (κ2) is 5.66. The number of ether oxygens (including phenoxy) is 1. The molecule has 0 saturated carbocycles. The summed E-state index contributed by atoms with van der Waals surface area (Å²) in [5.41, 5.74) is 1.05. The highest BCUT2D eigenvalue weighted by Gasteiger charge is 2.16. The molecule has 1 aromatic carbocycles. The van der Waals surface area contributed by atoms with Crippen molar-refractivity contribution in [1.29, 1.82) is 0 Å². The SMILES string of the molecule is CCOC(=O)c1ccccc1C(Br)C=O. The number of halogens is 1. The maximum Gasteiger partial charge on any atom is 0.338 e. The fourth-order valence-electron chi connectivity index (χ4n) is 1.21. The molecule has 0 spiro atoms. The second-order valence-corrected chi connectivity index (χ2v) is 3.83. The van der Waals surface area contributed by atoms with Crippen molar-refractivity contribution in [3.8, 4) is 0 Å². The molecule has 1 aromatic rings. The molecule has 0 fully saturated rings. The van der Waals surface area contributed by atoms with Crippen molar-refractivity contribution in [3.63, 3.8) is 0 Å². The lowest BCUT2D eigenvalue weighted by molar-refractivity contribution is -0.107. The summed E-state index contributed by atoms with van der Waals surface area (Å²) >= 11 is 3.18. The summed E-state index contributed by atoms with van der Waals surface area (Å²) in [6, 6.07) is 6.88. The van der Waals surface area contributed by atoms with Crippen molar-refractivity contribution in [2.75, 3.05) is 6.61 Å². The quantitative estimate of drug-likeness (QED) is 0.480. The Labute approximate surface area is 96.6 Å². The molecule has 1 rings (SSSR count). The number of carbonyl (C=O) groups excluding carboxylic acids is 2. The van der Waals surface area contributed by atoms with E-state index in [0.717, 1.165) is 6.29 Å². The lowest BCUT2D eigenvalue weighted by atomic mass is 10.1. The molecule has 0 bridgehead atoms. The molecule has 0 N–H and O–H groups in total. The summed E-state index contributed by atoms with van der Waals surface area (Å²) in [7, 11) is 0. The summed E-state index contributed by atoms with van der Waals surface area (Å²) < 4.78 is 4.89. The Hall–Kier alpha value is -1.16. The minimum atomic E-state index is -0.474. The Morgan fingerprint density at radius 2 is 2.20 bits per heavy atom. The van der Waals surface area contributed by atoms with Crippen molar-refractivity contribution in [2.45, 2.75) is 11.8 Å². The van der Waals surface area contributed by atoms with Crippen LogP contribution in [0.5, 0.6) is 0 Å². The van der Waals surface area contributed by atoms with Crippen molar-refractivity contribution < 1.29 is 14.3 Å². The zero-order valence-corrected chi connectivity index (χ0v) is 9.86. The van der Waals surface area contributed by atoms with Gasteiger partial charge in [0.05, 0.1) is 17.0 Å². The fourth-order valence-corrected chi connectivity index (χ4v) is 1.60. The molecular weight excluding hydrogens is 260 g/mol. The number of esters is 1. The number of aldehydes is 1. The van der Waals surface area contributed by atoms with Crippen molar-refractivity contribution in [1.82, 2.24) is 0 Å². The van der Waals surface area contributed by atoms with Gasteiger partial charge in [-0.05, 0) is 18.6 Å². The molecule has 0 aliphatic carbocycles. The third-order valence-electron chi connectivity index (χ3n) is 1.87. The van der Waals surface area contributed by atoms with Crippen LogP contribution >= 0.6 is 15.9 Å². The average Bonchev–Trinajstić information content (AvgIpc) is 2.28. The topological polar surface area (TPSA) is 43.4 Å². The molecule has 0 heterocycles. The van der Waals surface area contributed by atoms with Gasteiger partial charge in [0.2, 0.25) is 0 Å². The Morgan fingerprint density at radius 1 is 1.53 bits per heavy atom. The molecule has 1 unspecified atom stereocenters. The fraction of sp³-hybridized carbons (Fsp3) is 0.273. The lowest BCUT2D eigenvalue weighted by Gasteiger charge is -2.09. The van der Waals surface area contributed by atoms with E-state index in [9.17, 15) is 9.59 Å². The third-order valence-corrected chi connectivity index (χ3v) is 2.58. The van der Waals surface area contributed by atoms with Gasteiger partial charge in [-0.15, -0.1) is 0 Å². The average molecular weight is 271 g/mol. The Kier molecular flexibility index (Phi) is 4.49. The standard InChI is InChI=1S/C11H11BrO3/c1-2-15-11(14)9-6-4-3-5-8(9)10(12)7-13/h3-7,10H,2H2,1H3. The minimum absolute atomic E-state index is 0.321. The van der Waals surface area contributed by atoms with Crippen LogP contribution in [0.25, 0.3) is 0 Å². The van der Waals surface area contributed by atoms with Gasteiger partial charge in [0.1, 0.15) is 6.29 Å². The maximum absolute atomic E-state index is 11.5. The molecule has 0 aliphatic rings. The molecule has 15 heavy (non-hydrogen) atoms. The molecule has 0 aromatic heterocycles. The summed E-state index contributed by atoms with van der Waals surface area (Å²) in [6.07, 6.45) is 0.734. The van der Waals surface area contributed by atoms with E-state index in [0.29, 0.717) is 17.7 Å². The molecule has 0 saturated heterocycles. The van der Waals surface area contributed by atoms with Gasteiger partial charge in [0.15, 0.2) is 0 Å². The van der Waals surface area contributed by atoms with Crippen LogP contribution in [0.2, 0.25) is 0 Å². The maximum atomic E-state index is 11.5. The van der Waals surface area contributed by atoms with Crippen molar-refractivity contribution >= 4 is 28.2 Å². The van der Waals surface area contributed by atoms with Crippen LogP contribution in [0.15, 0.2) is 24.3 Å². The molecule has 0 amide bonds. The van der Waals surface area contributed by atoms with E-state index in [2.05, 4.69) is 15.9 Å². The van der Waals surface area contributed by atoms with E-state index in [1.807, 2.05) is 0 Å². The summed E-state index contributed by atoms with van der Waals surface area (Å²) in [6.45, 7) is 2.06. The Bertz CT molecular complexity index is 363. The number of rotatable bonds is 4. The number of carbonyl (C=O) groups is 2. The van der Waals surface area contributed by atoms with Gasteiger partial charge in [-0.3, -0.25) is 0 Å². The largest absolute Gasteiger partial charge is 0.462 e. The van der Waals surface area contributed by atoms with Crippen LogP contribution in [0.3, 0.4) is 0 Å². The summed E-state index contributed by atoms with van der Waals surface area (Å²) in [5, 5.41) is 0. The van der Waals surface area contributed by atoms with E-state index in [4.69, 9.17) is 4.74 Å². The molecule has 4 heteroatoms. The monoisotopic (exact) mass is 270 g/mol. The smallest absolute Gasteiger partial charge is 0.338 e. The number of hydrogen-bond acceptors (Lipinski definition) is 3. The predicted molar refractivity (Wildman–Crippen MR) is 60.1 cm³/mol. The first-order valence-electron chi connectivity index (χ1n) is 4.56. The van der Waals surface area contributed by atoms with Gasteiger partial charge >= 0.3 is 5.97 Å². The molecule has 3 nitrogen and oxygen atoms in total. The van der Waals surface area contributed by atoms with Crippen LogP contribution in [0.4, 0.5) is 0 Å². The molecule has 0 aliphatic heterocycles. The van der Waals surface area contributed by atoms with Gasteiger partial charge in [0.25, 0.3) is 0 Å². The predicted octanol–water partition coefficient (Wildman–Crippen LogP) is 2.50. The molecule has 0 radical (unpaired) electrons. The van der Waals surface area contributed by atoms with E-state index < -0.39 is 10.8 Å². The van der Waals surface area contributed by atoms with E-state index in [1.54, 1.807) is 31.2 Å². The number of benzene rings is 1. The first-order chi connectivity index (χ1) is 7.20. The van der Waals surface area contributed by atoms with Crippen LogP contribution in [-0.2, 0) is 9.53 Å². The van der Waals surface area contributed by atoms with Crippen molar-refractivity contribution in [2.24, 2.45) is 0 Å². The van der Waals surface area contributed by atoms with Crippen LogP contribution in [0.1, 0.15) is 27.7 Å². The van der Waals surface area contributed by atoms with E-state index in [1.165, 1.54) is 0 Å². The Balaban J connectivity index is 3.05. The van der Waals surface area contributed by atoms with Crippen LogP contribution in [0, 0.1) is 0 Å². The second-order valence-electron chi connectivity index (χ2n) is 2.85. The highest BCUT2D eigenvalue weighted by atomic mass is 79.9. The molecular formula is C11H11BrO3. The Morgan fingerprint density at radius 3 is 2.80 bits per heavy atom. The van der Waals surface area contributed by atoms with Gasteiger partial charge in [-0.2, -0.15) is 0 Å². The third kappa shape index (κ3) is 2.89. The van der Waals surface area contributed by atoms with E-state index in [-0.39, 0.29) is 0 Å². The number of hydrogen-bond donors (Lipinski definition) is 0. The molecule has 1 atom stereocenters. The first kappa shape index (κ1) is 11.9. The van der Waals surface area contributed by atoms with E-state index >= 15 is 0 Å². The van der Waals surface area contributed by atoms with Gasteiger partial charge in [-0.1, -0.05) is 34.1 Å². The normalized spacial score (nSPS) is 11.9. The van der Waals surface area contributed by atoms with Crippen LogP contribution < -0.4 is 0 Å². The van der Waals surface area contributed by atoms with Crippen LogP contribution in [-0.4, -0.2) is 18.9 Å². The zero-order valence-electron chi connectivity index (χ0n) is 8.27. The van der Waals surface area contributed by atoms with Crippen molar-refractivity contribution in [3.05, 3.63) is 35.4 Å². The molecule has 80 valence electrons. The highest BCUT2D eigenvalue weighted by molar-refractivity contribution is 9.09. The van der Waals surface area contributed by atoms with Gasteiger partial charge in [-0.25, -0.2) is 4.79 Å². The highest BCUT2D eigenvalue weighted by Crippen LogP contribution is 2.24. The summed E-state index contributed by atoms with van der Waals surface area (Å²) in [5.74, 6) is -0.403. The van der Waals surface area contributed by atoms with Gasteiger partial charge < -0.3 is 9.53 Å². The van der Waals surface area contributed by atoms with Gasteiger partial charge in [0, 0.05) is 0 Å². The zero-order chi connectivity index (χ0) is 11.3. The minimum Gasteiger partial charge on any atom is -0.462 e. The first-order valence-corrected chi connectivity index (χ1v) is 5.47. The number of alkyl halides is 1. The lowest BCUT2D eigenvalue weighted by Crippen LogP contribution is -2.09.